The predicted molar refractivity (Wildman–Crippen MR) is 138 cm³/mol. The van der Waals surface area contributed by atoms with E-state index in [0.717, 1.165) is 12.8 Å². The number of carbonyl (C=O) groups excluding carboxylic acids is 1. The standard InChI is InChI=1S/C26H22Cl2F4N4O3/c1-2-22(37)36-13-3-4-14(36)8-15(7-13)39-21-9-16-19(10-20(21)38-11-26(30,31)32)33-12-34-25(16)35-18-6-5-17(27)23(28)24(18)29/h2,5-6,9-10,12-15H,1,3-4,7-8,11H2,(H,33,34,35)/t13-,14+,15?. The number of nitrogens with zero attached hydrogens (tertiary/aromatic N) is 3. The van der Waals surface area contributed by atoms with Gasteiger partial charge in [-0.25, -0.2) is 14.4 Å². The Balaban J connectivity index is 1.49. The minimum Gasteiger partial charge on any atom is -0.486 e. The van der Waals surface area contributed by atoms with E-state index in [1.54, 1.807) is 4.90 Å². The Morgan fingerprint density at radius 3 is 2.54 bits per heavy atom. The molecule has 3 heterocycles. The molecule has 2 bridgehead atoms. The number of amides is 1. The van der Waals surface area contributed by atoms with E-state index in [0.29, 0.717) is 18.2 Å². The van der Waals surface area contributed by atoms with Crippen LogP contribution in [0.3, 0.4) is 0 Å². The van der Waals surface area contributed by atoms with Gasteiger partial charge >= 0.3 is 6.18 Å². The number of alkyl halides is 3. The molecular formula is C26H22Cl2F4N4O3. The van der Waals surface area contributed by atoms with Gasteiger partial charge in [0.1, 0.15) is 18.2 Å². The summed E-state index contributed by atoms with van der Waals surface area (Å²) in [6.07, 6.45) is 0.103. The van der Waals surface area contributed by atoms with Gasteiger partial charge in [0.15, 0.2) is 23.9 Å². The molecule has 2 aromatic carbocycles. The van der Waals surface area contributed by atoms with Crippen LogP contribution in [-0.2, 0) is 4.79 Å². The van der Waals surface area contributed by atoms with E-state index < -0.39 is 18.6 Å². The molecule has 39 heavy (non-hydrogen) atoms. The Labute approximate surface area is 230 Å². The molecule has 2 fully saturated rings. The second-order valence-electron chi connectivity index (χ2n) is 9.34. The van der Waals surface area contributed by atoms with Crippen molar-refractivity contribution in [2.24, 2.45) is 0 Å². The average molecular weight is 585 g/mol. The SMILES string of the molecule is C=CC(=O)N1[C@@H]2CC[C@H]1CC(Oc1cc3c(Nc4ccc(Cl)c(Cl)c4F)ncnc3cc1OCC(F)(F)F)C2. The van der Waals surface area contributed by atoms with Crippen LogP contribution < -0.4 is 14.8 Å². The lowest BCUT2D eigenvalue weighted by molar-refractivity contribution is -0.153. The fraction of sp³-hybridized carbons (Fsp3) is 0.346. The van der Waals surface area contributed by atoms with Gasteiger partial charge in [0.25, 0.3) is 0 Å². The van der Waals surface area contributed by atoms with Crippen molar-refractivity contribution in [3.05, 3.63) is 59.1 Å². The van der Waals surface area contributed by atoms with Gasteiger partial charge < -0.3 is 19.7 Å². The largest absolute Gasteiger partial charge is 0.486 e. The van der Waals surface area contributed by atoms with Crippen molar-refractivity contribution in [2.45, 2.75) is 50.0 Å². The number of carbonyl (C=O) groups is 1. The molecule has 2 aliphatic heterocycles. The van der Waals surface area contributed by atoms with Crippen molar-refractivity contribution < 1.29 is 31.8 Å². The van der Waals surface area contributed by atoms with E-state index >= 15 is 0 Å². The maximum atomic E-state index is 14.7. The molecule has 5 rings (SSSR count). The van der Waals surface area contributed by atoms with Crippen LogP contribution in [-0.4, -0.2) is 51.7 Å². The Kier molecular flexibility index (Phi) is 7.47. The molecule has 0 spiro atoms. The van der Waals surface area contributed by atoms with Crippen LogP contribution in [0.15, 0.2) is 43.2 Å². The third kappa shape index (κ3) is 5.69. The third-order valence-corrected chi connectivity index (χ3v) is 7.57. The highest BCUT2D eigenvalue weighted by Crippen LogP contribution is 2.41. The Bertz CT molecular complexity index is 1420. The molecule has 1 unspecified atom stereocenters. The van der Waals surface area contributed by atoms with Gasteiger partial charge in [0.05, 0.1) is 21.2 Å². The number of fused-ring (bicyclic) bond motifs is 3. The van der Waals surface area contributed by atoms with E-state index in [1.807, 2.05) is 0 Å². The number of anilines is 2. The Morgan fingerprint density at radius 1 is 1.15 bits per heavy atom. The highest BCUT2D eigenvalue weighted by atomic mass is 35.5. The second kappa shape index (κ2) is 10.7. The van der Waals surface area contributed by atoms with Gasteiger partial charge in [-0.3, -0.25) is 4.79 Å². The van der Waals surface area contributed by atoms with Crippen molar-refractivity contribution >= 4 is 51.5 Å². The summed E-state index contributed by atoms with van der Waals surface area (Å²) in [4.78, 5) is 22.4. The van der Waals surface area contributed by atoms with Crippen LogP contribution in [0, 0.1) is 5.82 Å². The minimum absolute atomic E-state index is 0.0138. The van der Waals surface area contributed by atoms with Gasteiger partial charge in [-0.05, 0) is 37.1 Å². The number of piperidine rings is 1. The van der Waals surface area contributed by atoms with Gasteiger partial charge in [0.2, 0.25) is 5.91 Å². The number of rotatable bonds is 7. The van der Waals surface area contributed by atoms with Gasteiger partial charge in [0, 0.05) is 36.4 Å². The summed E-state index contributed by atoms with van der Waals surface area (Å²) in [5.74, 6) is -0.887. The first-order valence-electron chi connectivity index (χ1n) is 12.0. The fourth-order valence-electron chi connectivity index (χ4n) is 5.15. The first-order chi connectivity index (χ1) is 18.5. The number of aromatic nitrogens is 2. The summed E-state index contributed by atoms with van der Waals surface area (Å²) < 4.78 is 65.0. The molecule has 2 saturated heterocycles. The van der Waals surface area contributed by atoms with Crippen molar-refractivity contribution in [3.8, 4) is 11.5 Å². The van der Waals surface area contributed by atoms with Crippen molar-refractivity contribution in [1.82, 2.24) is 14.9 Å². The Morgan fingerprint density at radius 2 is 1.87 bits per heavy atom. The number of benzene rings is 2. The lowest BCUT2D eigenvalue weighted by Crippen LogP contribution is -2.48. The van der Waals surface area contributed by atoms with Crippen LogP contribution in [0.5, 0.6) is 11.5 Å². The van der Waals surface area contributed by atoms with Crippen LogP contribution >= 0.6 is 23.2 Å². The van der Waals surface area contributed by atoms with Crippen molar-refractivity contribution in [2.75, 3.05) is 11.9 Å². The molecule has 1 N–H and O–H groups in total. The number of hydrogen-bond acceptors (Lipinski definition) is 6. The molecule has 3 aromatic rings. The smallest absolute Gasteiger partial charge is 0.422 e. The van der Waals surface area contributed by atoms with E-state index in [9.17, 15) is 22.4 Å². The third-order valence-electron chi connectivity index (χ3n) is 6.79. The molecule has 1 amide bonds. The first-order valence-corrected chi connectivity index (χ1v) is 12.8. The predicted octanol–water partition coefficient (Wildman–Crippen LogP) is 6.85. The number of halogens is 6. The summed E-state index contributed by atoms with van der Waals surface area (Å²) in [5, 5.41) is 2.94. The lowest BCUT2D eigenvalue weighted by atomic mass is 9.99. The zero-order valence-electron chi connectivity index (χ0n) is 20.3. The molecule has 7 nitrogen and oxygen atoms in total. The maximum absolute atomic E-state index is 14.7. The zero-order valence-corrected chi connectivity index (χ0v) is 21.8. The maximum Gasteiger partial charge on any atom is 0.422 e. The summed E-state index contributed by atoms with van der Waals surface area (Å²) >= 11 is 11.8. The fourth-order valence-corrected chi connectivity index (χ4v) is 5.46. The summed E-state index contributed by atoms with van der Waals surface area (Å²) in [7, 11) is 0. The number of hydrogen-bond donors (Lipinski definition) is 1. The van der Waals surface area contributed by atoms with Crippen LogP contribution in [0.25, 0.3) is 10.9 Å². The van der Waals surface area contributed by atoms with Crippen LogP contribution in [0.2, 0.25) is 10.0 Å². The van der Waals surface area contributed by atoms with E-state index in [1.165, 1.54) is 36.7 Å². The highest BCUT2D eigenvalue weighted by Gasteiger charge is 2.43. The normalized spacial score (nSPS) is 20.7. The van der Waals surface area contributed by atoms with E-state index in [4.69, 9.17) is 32.7 Å². The lowest BCUT2D eigenvalue weighted by Gasteiger charge is -2.38. The van der Waals surface area contributed by atoms with Crippen LogP contribution in [0.1, 0.15) is 25.7 Å². The van der Waals surface area contributed by atoms with Crippen molar-refractivity contribution in [3.63, 3.8) is 0 Å². The molecule has 3 atom stereocenters. The quantitative estimate of drug-likeness (QED) is 0.186. The molecule has 1 aromatic heterocycles. The van der Waals surface area contributed by atoms with Crippen molar-refractivity contribution in [1.29, 1.82) is 0 Å². The monoisotopic (exact) mass is 584 g/mol. The summed E-state index contributed by atoms with van der Waals surface area (Å²) in [5.41, 5.74) is 0.226. The number of nitrogens with one attached hydrogen (secondary N) is 1. The van der Waals surface area contributed by atoms with Gasteiger partial charge in [-0.2, -0.15) is 13.2 Å². The second-order valence-corrected chi connectivity index (χ2v) is 10.1. The Hall–Kier alpha value is -3.31. The molecular weight excluding hydrogens is 563 g/mol. The minimum atomic E-state index is -4.58. The highest BCUT2D eigenvalue weighted by molar-refractivity contribution is 6.42. The van der Waals surface area contributed by atoms with Crippen LogP contribution in [0.4, 0.5) is 29.1 Å². The average Bonchev–Trinajstić information content (AvgIpc) is 3.17. The molecule has 2 aliphatic rings. The summed E-state index contributed by atoms with van der Waals surface area (Å²) in [6, 6.07) is 5.45. The number of ether oxygens (including phenoxy) is 2. The molecule has 206 valence electrons. The molecule has 0 radical (unpaired) electrons. The molecule has 13 heteroatoms. The topological polar surface area (TPSA) is 76.6 Å². The van der Waals surface area contributed by atoms with Gasteiger partial charge in [-0.15, -0.1) is 0 Å². The zero-order chi connectivity index (χ0) is 27.9. The van der Waals surface area contributed by atoms with E-state index in [-0.39, 0.29) is 62.7 Å². The molecule has 0 saturated carbocycles. The van der Waals surface area contributed by atoms with E-state index in [2.05, 4.69) is 21.9 Å². The summed E-state index contributed by atoms with van der Waals surface area (Å²) in [6.45, 7) is 2.04. The van der Waals surface area contributed by atoms with Gasteiger partial charge in [-0.1, -0.05) is 29.8 Å². The first kappa shape index (κ1) is 27.3. The molecule has 0 aliphatic carbocycles.